The van der Waals surface area contributed by atoms with Gasteiger partial charge in [0.1, 0.15) is 0 Å². The number of Topliss-reactive ketones (excluding diaryl/α,β-unsaturated/α-hetero) is 1. The maximum absolute atomic E-state index is 12.5. The number of carbonyl (C=O) groups excluding carboxylic acids is 2. The second kappa shape index (κ2) is 5.40. The Morgan fingerprint density at radius 1 is 1.05 bits per heavy atom. The first-order valence-electron chi connectivity index (χ1n) is 7.30. The minimum atomic E-state index is -0.913. The third-order valence-electron chi connectivity index (χ3n) is 4.61. The lowest BCUT2D eigenvalue weighted by Gasteiger charge is -2.23. The number of hydrogen-bond donors (Lipinski definition) is 2. The molecule has 2 aliphatic rings. The molecule has 0 spiro atoms. The monoisotopic (exact) mass is 299 g/mol. The van der Waals surface area contributed by atoms with Gasteiger partial charge in [-0.05, 0) is 49.4 Å². The van der Waals surface area contributed by atoms with Crippen LogP contribution in [0.5, 0.6) is 0 Å². The zero-order valence-corrected chi connectivity index (χ0v) is 12.2. The number of carboxylic acids is 1. The first-order chi connectivity index (χ1) is 10.5. The molecule has 22 heavy (non-hydrogen) atoms. The molecule has 5 nitrogen and oxygen atoms in total. The van der Waals surface area contributed by atoms with E-state index in [0.717, 1.165) is 6.42 Å². The first-order valence-corrected chi connectivity index (χ1v) is 7.30. The number of fused-ring (bicyclic) bond motifs is 2. The molecule has 0 saturated heterocycles. The summed E-state index contributed by atoms with van der Waals surface area (Å²) >= 11 is 0. The van der Waals surface area contributed by atoms with Crippen LogP contribution in [-0.4, -0.2) is 22.8 Å². The Bertz CT molecular complexity index is 662. The molecule has 0 heterocycles. The van der Waals surface area contributed by atoms with Gasteiger partial charge in [-0.15, -0.1) is 0 Å². The van der Waals surface area contributed by atoms with Gasteiger partial charge in [0.25, 0.3) is 0 Å². The quantitative estimate of drug-likeness (QED) is 0.660. The second-order valence-electron chi connectivity index (χ2n) is 5.96. The Balaban J connectivity index is 1.75. The minimum absolute atomic E-state index is 0.00240. The van der Waals surface area contributed by atoms with Crippen molar-refractivity contribution >= 4 is 23.3 Å². The van der Waals surface area contributed by atoms with E-state index >= 15 is 0 Å². The lowest BCUT2D eigenvalue weighted by atomic mass is 9.82. The molecule has 5 heteroatoms. The van der Waals surface area contributed by atoms with E-state index < -0.39 is 17.8 Å². The number of carbonyl (C=O) groups is 3. The van der Waals surface area contributed by atoms with Gasteiger partial charge >= 0.3 is 5.97 Å². The summed E-state index contributed by atoms with van der Waals surface area (Å²) in [4.78, 5) is 35.1. The summed E-state index contributed by atoms with van der Waals surface area (Å²) in [5.74, 6) is -2.43. The van der Waals surface area contributed by atoms with Crippen LogP contribution in [-0.2, 0) is 9.59 Å². The van der Waals surface area contributed by atoms with E-state index in [-0.39, 0.29) is 23.5 Å². The average Bonchev–Trinajstić information content (AvgIpc) is 3.08. The molecular formula is C17H17NO4. The molecule has 0 radical (unpaired) electrons. The molecule has 2 aliphatic carbocycles. The van der Waals surface area contributed by atoms with Crippen molar-refractivity contribution in [1.82, 2.24) is 0 Å². The Hall–Kier alpha value is -2.43. The highest BCUT2D eigenvalue weighted by Gasteiger charge is 2.51. The maximum Gasteiger partial charge on any atom is 0.307 e. The van der Waals surface area contributed by atoms with E-state index in [1.807, 2.05) is 12.2 Å². The van der Waals surface area contributed by atoms with Gasteiger partial charge in [0, 0.05) is 11.3 Å². The number of hydrogen-bond acceptors (Lipinski definition) is 3. The number of benzene rings is 1. The number of nitrogens with one attached hydrogen (secondary N) is 1. The smallest absolute Gasteiger partial charge is 0.307 e. The van der Waals surface area contributed by atoms with Crippen LogP contribution >= 0.6 is 0 Å². The Kier molecular flexibility index (Phi) is 3.56. The van der Waals surface area contributed by atoms with Gasteiger partial charge in [0.15, 0.2) is 5.78 Å². The summed E-state index contributed by atoms with van der Waals surface area (Å²) in [6.45, 7) is 1.48. The molecule has 0 aromatic heterocycles. The van der Waals surface area contributed by atoms with Crippen molar-refractivity contribution in [3.05, 3.63) is 42.0 Å². The van der Waals surface area contributed by atoms with Crippen molar-refractivity contribution in [2.45, 2.75) is 13.3 Å². The number of rotatable bonds is 4. The van der Waals surface area contributed by atoms with Crippen LogP contribution in [0.25, 0.3) is 0 Å². The topological polar surface area (TPSA) is 83.5 Å². The predicted molar refractivity (Wildman–Crippen MR) is 80.4 cm³/mol. The predicted octanol–water partition coefficient (Wildman–Crippen LogP) is 2.35. The van der Waals surface area contributed by atoms with E-state index in [1.54, 1.807) is 24.3 Å². The lowest BCUT2D eigenvalue weighted by molar-refractivity contribution is -0.146. The average molecular weight is 299 g/mol. The number of amides is 1. The summed E-state index contributed by atoms with van der Waals surface area (Å²) in [7, 11) is 0. The van der Waals surface area contributed by atoms with Gasteiger partial charge in [-0.1, -0.05) is 12.2 Å². The molecule has 2 bridgehead atoms. The molecule has 4 atom stereocenters. The zero-order chi connectivity index (χ0) is 15.9. The normalized spacial score (nSPS) is 28.6. The third-order valence-corrected chi connectivity index (χ3v) is 4.61. The molecule has 1 amide bonds. The highest BCUT2D eigenvalue weighted by molar-refractivity contribution is 5.98. The van der Waals surface area contributed by atoms with Crippen molar-refractivity contribution in [3.8, 4) is 0 Å². The van der Waals surface area contributed by atoms with Crippen LogP contribution in [0.15, 0.2) is 36.4 Å². The maximum atomic E-state index is 12.5. The summed E-state index contributed by atoms with van der Waals surface area (Å²) < 4.78 is 0. The highest BCUT2D eigenvalue weighted by atomic mass is 16.4. The van der Waals surface area contributed by atoms with Gasteiger partial charge < -0.3 is 10.4 Å². The summed E-state index contributed by atoms with van der Waals surface area (Å²) in [6.07, 6.45) is 4.60. The van der Waals surface area contributed by atoms with Gasteiger partial charge in [-0.25, -0.2) is 0 Å². The largest absolute Gasteiger partial charge is 0.481 e. The Morgan fingerprint density at radius 2 is 1.64 bits per heavy atom. The minimum Gasteiger partial charge on any atom is -0.481 e. The molecular weight excluding hydrogens is 282 g/mol. The van der Waals surface area contributed by atoms with E-state index in [1.165, 1.54) is 6.92 Å². The Morgan fingerprint density at radius 3 is 2.18 bits per heavy atom. The van der Waals surface area contributed by atoms with Crippen molar-refractivity contribution in [1.29, 1.82) is 0 Å². The van der Waals surface area contributed by atoms with E-state index in [9.17, 15) is 19.5 Å². The lowest BCUT2D eigenvalue weighted by Crippen LogP contribution is -2.36. The SMILES string of the molecule is CC(=O)c1ccc(NC(=O)[C@H]2[C@@H](C(=O)O)[C@@H]3C=C[C@@H]2C3)cc1. The molecule has 114 valence electrons. The van der Waals surface area contributed by atoms with E-state index in [0.29, 0.717) is 11.3 Å². The molecule has 3 rings (SSSR count). The van der Waals surface area contributed by atoms with E-state index in [2.05, 4.69) is 5.32 Å². The van der Waals surface area contributed by atoms with Gasteiger partial charge in [0.05, 0.1) is 11.8 Å². The van der Waals surface area contributed by atoms with Crippen LogP contribution in [0.1, 0.15) is 23.7 Å². The van der Waals surface area contributed by atoms with Crippen LogP contribution in [0, 0.1) is 23.7 Å². The van der Waals surface area contributed by atoms with Crippen molar-refractivity contribution in [2.24, 2.45) is 23.7 Å². The standard InChI is InChI=1S/C17H17NO4/c1-9(19)10-4-6-13(7-5-10)18-16(20)14-11-2-3-12(8-11)15(14)17(21)22/h2-7,11-12,14-15H,8H2,1H3,(H,18,20)(H,21,22)/t11-,12-,14-,15+/m1/s1. The van der Waals surface area contributed by atoms with Gasteiger partial charge in [0.2, 0.25) is 5.91 Å². The van der Waals surface area contributed by atoms with Crippen LogP contribution in [0.4, 0.5) is 5.69 Å². The number of allylic oxidation sites excluding steroid dienone is 2. The van der Waals surface area contributed by atoms with Crippen molar-refractivity contribution in [3.63, 3.8) is 0 Å². The number of anilines is 1. The molecule has 1 aromatic rings. The molecule has 0 unspecified atom stereocenters. The number of aliphatic carboxylic acids is 1. The summed E-state index contributed by atoms with van der Waals surface area (Å²) in [5.41, 5.74) is 1.15. The molecule has 2 N–H and O–H groups in total. The zero-order valence-electron chi connectivity index (χ0n) is 12.2. The molecule has 1 aromatic carbocycles. The third kappa shape index (κ3) is 2.43. The first kappa shape index (κ1) is 14.5. The van der Waals surface area contributed by atoms with Gasteiger partial charge in [-0.3, -0.25) is 14.4 Å². The van der Waals surface area contributed by atoms with Crippen LogP contribution < -0.4 is 5.32 Å². The Labute approximate surface area is 128 Å². The fourth-order valence-electron chi connectivity index (χ4n) is 3.53. The second-order valence-corrected chi connectivity index (χ2v) is 5.96. The van der Waals surface area contributed by atoms with Crippen LogP contribution in [0.3, 0.4) is 0 Å². The molecule has 1 saturated carbocycles. The number of carboxylic acid groups (broad SMARTS) is 1. The van der Waals surface area contributed by atoms with Crippen molar-refractivity contribution < 1.29 is 19.5 Å². The summed E-state index contributed by atoms with van der Waals surface area (Å²) in [6, 6.07) is 6.61. The summed E-state index contributed by atoms with van der Waals surface area (Å²) in [5, 5.41) is 12.1. The van der Waals surface area contributed by atoms with Crippen LogP contribution in [0.2, 0.25) is 0 Å². The van der Waals surface area contributed by atoms with Gasteiger partial charge in [-0.2, -0.15) is 0 Å². The molecule has 0 aliphatic heterocycles. The number of ketones is 1. The van der Waals surface area contributed by atoms with E-state index in [4.69, 9.17) is 0 Å². The fraction of sp³-hybridized carbons (Fsp3) is 0.353. The molecule has 1 fully saturated rings. The fourth-order valence-corrected chi connectivity index (χ4v) is 3.53. The van der Waals surface area contributed by atoms with Crippen molar-refractivity contribution in [2.75, 3.05) is 5.32 Å². The highest BCUT2D eigenvalue weighted by Crippen LogP contribution is 2.48.